The van der Waals surface area contributed by atoms with Crippen LogP contribution in [0.25, 0.3) is 0 Å². The number of hydrogen-bond donors (Lipinski definition) is 2. The number of rotatable bonds is 9. The van der Waals surface area contributed by atoms with Gasteiger partial charge >= 0.3 is 0 Å². The molecule has 0 unspecified atom stereocenters. The molecule has 0 fully saturated rings. The van der Waals surface area contributed by atoms with E-state index in [1.807, 2.05) is 0 Å². The zero-order valence-electron chi connectivity index (χ0n) is 16.2. The molecule has 1 amide bonds. The Morgan fingerprint density at radius 1 is 0.821 bits per heavy atom. The number of Topliss-reactive ketones (excluding diaryl/α,β-unsaturated/α-hetero) is 1. The van der Waals surface area contributed by atoms with Crippen LogP contribution in [0.2, 0.25) is 0 Å². The summed E-state index contributed by atoms with van der Waals surface area (Å²) in [6.45, 7) is 0. The Kier molecular flexibility index (Phi) is 7.22. The summed E-state index contributed by atoms with van der Waals surface area (Å²) in [6, 6.07) is 8.28. The first-order chi connectivity index (χ1) is 13.5. The van der Waals surface area contributed by atoms with Gasteiger partial charge in [-0.3, -0.25) is 14.8 Å². The van der Waals surface area contributed by atoms with Crippen molar-refractivity contribution in [3.63, 3.8) is 0 Å². The SMILES string of the molecule is COc1ccc(CC(=O)c2cc(OC)c(OC)cc2CC(=O)NO)cc1OC. The Morgan fingerprint density at radius 3 is 1.96 bits per heavy atom. The Labute approximate surface area is 162 Å². The van der Waals surface area contributed by atoms with E-state index in [0.717, 1.165) is 5.56 Å². The maximum atomic E-state index is 13.0. The summed E-state index contributed by atoms with van der Waals surface area (Å²) in [7, 11) is 5.97. The predicted octanol–water partition coefficient (Wildman–Crippen LogP) is 2.19. The zero-order valence-corrected chi connectivity index (χ0v) is 16.2. The van der Waals surface area contributed by atoms with Crippen LogP contribution in [0, 0.1) is 0 Å². The minimum absolute atomic E-state index is 0.0730. The summed E-state index contributed by atoms with van der Waals surface area (Å²) in [6.07, 6.45) is -0.118. The quantitative estimate of drug-likeness (QED) is 0.385. The molecule has 2 rings (SSSR count). The maximum absolute atomic E-state index is 13.0. The van der Waals surface area contributed by atoms with Gasteiger partial charge in [-0.05, 0) is 35.4 Å². The Hall–Kier alpha value is -3.26. The van der Waals surface area contributed by atoms with Crippen molar-refractivity contribution in [1.29, 1.82) is 0 Å². The lowest BCUT2D eigenvalue weighted by atomic mass is 9.95. The molecule has 8 nitrogen and oxygen atoms in total. The van der Waals surface area contributed by atoms with Crippen LogP contribution >= 0.6 is 0 Å². The highest BCUT2D eigenvalue weighted by Crippen LogP contribution is 2.32. The highest BCUT2D eigenvalue weighted by atomic mass is 16.5. The van der Waals surface area contributed by atoms with E-state index in [0.29, 0.717) is 34.1 Å². The zero-order chi connectivity index (χ0) is 20.7. The molecule has 0 spiro atoms. The lowest BCUT2D eigenvalue weighted by molar-refractivity contribution is -0.128. The van der Waals surface area contributed by atoms with E-state index in [2.05, 4.69) is 0 Å². The molecule has 150 valence electrons. The number of hydroxylamine groups is 1. The lowest BCUT2D eigenvalue weighted by Gasteiger charge is -2.14. The first-order valence-corrected chi connectivity index (χ1v) is 8.39. The first kappa shape index (κ1) is 21.0. The number of benzene rings is 2. The third kappa shape index (κ3) is 4.72. The van der Waals surface area contributed by atoms with Crippen molar-refractivity contribution in [3.05, 3.63) is 47.0 Å². The van der Waals surface area contributed by atoms with Crippen LogP contribution in [0.1, 0.15) is 21.5 Å². The molecule has 0 atom stereocenters. The van der Waals surface area contributed by atoms with Gasteiger partial charge in [-0.2, -0.15) is 0 Å². The van der Waals surface area contributed by atoms with Gasteiger partial charge in [0.2, 0.25) is 5.91 Å². The van der Waals surface area contributed by atoms with Crippen LogP contribution in [-0.4, -0.2) is 45.3 Å². The van der Waals surface area contributed by atoms with Gasteiger partial charge in [-0.25, -0.2) is 5.48 Å². The summed E-state index contributed by atoms with van der Waals surface area (Å²) in [4.78, 5) is 24.6. The molecule has 0 bridgehead atoms. The first-order valence-electron chi connectivity index (χ1n) is 8.39. The highest BCUT2D eigenvalue weighted by molar-refractivity contribution is 6.00. The normalized spacial score (nSPS) is 10.2. The van der Waals surface area contributed by atoms with E-state index < -0.39 is 5.91 Å². The van der Waals surface area contributed by atoms with Gasteiger partial charge in [0.1, 0.15) is 0 Å². The predicted molar refractivity (Wildman–Crippen MR) is 101 cm³/mol. The molecular weight excluding hydrogens is 366 g/mol. The molecule has 0 radical (unpaired) electrons. The highest BCUT2D eigenvalue weighted by Gasteiger charge is 2.19. The molecule has 2 N–H and O–H groups in total. The fourth-order valence-electron chi connectivity index (χ4n) is 2.81. The Morgan fingerprint density at radius 2 is 1.39 bits per heavy atom. The molecule has 8 heteroatoms. The van der Waals surface area contributed by atoms with Crippen LogP contribution in [0.5, 0.6) is 23.0 Å². The smallest absolute Gasteiger partial charge is 0.247 e. The average Bonchev–Trinajstić information content (AvgIpc) is 2.72. The molecule has 2 aromatic rings. The molecule has 0 aliphatic rings. The minimum atomic E-state index is -0.646. The Balaban J connectivity index is 2.41. The summed E-state index contributed by atoms with van der Waals surface area (Å²) < 4.78 is 21.0. The van der Waals surface area contributed by atoms with E-state index in [4.69, 9.17) is 24.2 Å². The number of carbonyl (C=O) groups is 2. The van der Waals surface area contributed by atoms with Crippen LogP contribution in [0.3, 0.4) is 0 Å². The van der Waals surface area contributed by atoms with Crippen molar-refractivity contribution < 1.29 is 33.7 Å². The van der Waals surface area contributed by atoms with Gasteiger partial charge in [-0.1, -0.05) is 6.07 Å². The maximum Gasteiger partial charge on any atom is 0.247 e. The van der Waals surface area contributed by atoms with Gasteiger partial charge in [0.15, 0.2) is 28.8 Å². The Bertz CT molecular complexity index is 864. The van der Waals surface area contributed by atoms with Crippen LogP contribution in [0.4, 0.5) is 0 Å². The molecule has 2 aromatic carbocycles. The molecule has 0 aliphatic heterocycles. The molecule has 0 saturated heterocycles. The number of carbonyl (C=O) groups excluding carboxylic acids is 2. The second kappa shape index (κ2) is 9.61. The molecule has 0 aliphatic carbocycles. The fraction of sp³-hybridized carbons (Fsp3) is 0.300. The van der Waals surface area contributed by atoms with Gasteiger partial charge < -0.3 is 18.9 Å². The second-order valence-corrected chi connectivity index (χ2v) is 5.87. The fourth-order valence-corrected chi connectivity index (χ4v) is 2.81. The molecule has 28 heavy (non-hydrogen) atoms. The van der Waals surface area contributed by atoms with Gasteiger partial charge in [0.25, 0.3) is 0 Å². The van der Waals surface area contributed by atoms with Crippen molar-refractivity contribution >= 4 is 11.7 Å². The van der Waals surface area contributed by atoms with Gasteiger partial charge in [-0.15, -0.1) is 0 Å². The van der Waals surface area contributed by atoms with Crippen molar-refractivity contribution in [2.24, 2.45) is 0 Å². The monoisotopic (exact) mass is 389 g/mol. The molecular formula is C20H23NO7. The van der Waals surface area contributed by atoms with E-state index in [9.17, 15) is 9.59 Å². The summed E-state index contributed by atoms with van der Waals surface area (Å²) in [5.74, 6) is 0.948. The summed E-state index contributed by atoms with van der Waals surface area (Å²) >= 11 is 0. The number of methoxy groups -OCH3 is 4. The number of hydrogen-bond acceptors (Lipinski definition) is 7. The summed E-state index contributed by atoms with van der Waals surface area (Å²) in [5.41, 5.74) is 3.00. The number of amides is 1. The second-order valence-electron chi connectivity index (χ2n) is 5.87. The standard InChI is InChI=1S/C20H23NO7/c1-25-16-6-5-12(8-17(16)26-2)7-15(22)14-11-19(28-4)18(27-3)9-13(14)10-20(23)21-24/h5-6,8-9,11,24H,7,10H2,1-4H3,(H,21,23). The average molecular weight is 389 g/mol. The van der Waals surface area contributed by atoms with Crippen molar-refractivity contribution in [1.82, 2.24) is 5.48 Å². The van der Waals surface area contributed by atoms with Crippen molar-refractivity contribution in [2.45, 2.75) is 12.8 Å². The molecule has 0 heterocycles. The van der Waals surface area contributed by atoms with Crippen LogP contribution in [0.15, 0.2) is 30.3 Å². The third-order valence-corrected chi connectivity index (χ3v) is 4.20. The van der Waals surface area contributed by atoms with E-state index >= 15 is 0 Å². The topological polar surface area (TPSA) is 103 Å². The number of ketones is 1. The number of nitrogens with one attached hydrogen (secondary N) is 1. The van der Waals surface area contributed by atoms with Gasteiger partial charge in [0.05, 0.1) is 34.9 Å². The van der Waals surface area contributed by atoms with Crippen molar-refractivity contribution in [3.8, 4) is 23.0 Å². The van der Waals surface area contributed by atoms with Gasteiger partial charge in [0, 0.05) is 12.0 Å². The third-order valence-electron chi connectivity index (χ3n) is 4.20. The van der Waals surface area contributed by atoms with E-state index in [1.54, 1.807) is 29.7 Å². The lowest BCUT2D eigenvalue weighted by Crippen LogP contribution is -2.22. The largest absolute Gasteiger partial charge is 0.493 e. The van der Waals surface area contributed by atoms with Crippen LogP contribution < -0.4 is 24.4 Å². The van der Waals surface area contributed by atoms with E-state index in [1.165, 1.54) is 34.5 Å². The number of ether oxygens (including phenoxy) is 4. The molecule has 0 saturated carbocycles. The summed E-state index contributed by atoms with van der Waals surface area (Å²) in [5, 5.41) is 8.83. The van der Waals surface area contributed by atoms with Crippen molar-refractivity contribution in [2.75, 3.05) is 28.4 Å². The van der Waals surface area contributed by atoms with Crippen LogP contribution in [-0.2, 0) is 17.6 Å². The minimum Gasteiger partial charge on any atom is -0.493 e. The molecule has 0 aromatic heterocycles. The van der Waals surface area contributed by atoms with E-state index in [-0.39, 0.29) is 18.6 Å².